The van der Waals surface area contributed by atoms with Gasteiger partial charge >= 0.3 is 0 Å². The minimum atomic E-state index is -0.573. The zero-order valence-electron chi connectivity index (χ0n) is 11.9. The summed E-state index contributed by atoms with van der Waals surface area (Å²) in [5.74, 6) is -0.573. The molecule has 0 aliphatic carbocycles. The molecule has 102 valence electrons. The molecule has 2 rings (SSSR count). The number of aromatic nitrogens is 1. The van der Waals surface area contributed by atoms with E-state index in [1.807, 2.05) is 66.5 Å². The first-order valence-electron chi connectivity index (χ1n) is 6.73. The van der Waals surface area contributed by atoms with Crippen molar-refractivity contribution in [2.75, 3.05) is 0 Å². The van der Waals surface area contributed by atoms with E-state index in [2.05, 4.69) is 18.2 Å². The van der Waals surface area contributed by atoms with E-state index in [1.54, 1.807) is 0 Å². The van der Waals surface area contributed by atoms with Gasteiger partial charge in [-0.2, -0.15) is 10.5 Å². The highest BCUT2D eigenvalue weighted by molar-refractivity contribution is 5.69. The van der Waals surface area contributed by atoms with Crippen LogP contribution in [0, 0.1) is 28.6 Å². The molecule has 1 aromatic carbocycles. The molecule has 1 heterocycles. The Morgan fingerprint density at radius 2 is 1.48 bits per heavy atom. The number of benzene rings is 1. The van der Waals surface area contributed by atoms with Crippen molar-refractivity contribution in [1.82, 2.24) is 0 Å². The summed E-state index contributed by atoms with van der Waals surface area (Å²) in [7, 11) is 1.99. The van der Waals surface area contributed by atoms with Crippen molar-refractivity contribution < 1.29 is 4.57 Å². The average molecular weight is 274 g/mol. The SMILES string of the molecule is C[n+]1ccc(/C=C/c2ccc(CC(C#N)C#N)cc2)cc1. The lowest BCUT2D eigenvalue weighted by molar-refractivity contribution is -0.671. The molecule has 3 heteroatoms. The number of rotatable bonds is 4. The maximum atomic E-state index is 8.79. The molecule has 0 bridgehead atoms. The summed E-state index contributed by atoms with van der Waals surface area (Å²) in [4.78, 5) is 0. The summed E-state index contributed by atoms with van der Waals surface area (Å²) >= 11 is 0. The van der Waals surface area contributed by atoms with Gasteiger partial charge in [0.25, 0.3) is 0 Å². The monoisotopic (exact) mass is 274 g/mol. The van der Waals surface area contributed by atoms with Crippen LogP contribution in [0.15, 0.2) is 48.8 Å². The van der Waals surface area contributed by atoms with Crippen LogP contribution in [0.4, 0.5) is 0 Å². The Morgan fingerprint density at radius 3 is 2.00 bits per heavy atom. The molecule has 1 aromatic heterocycles. The number of hydrogen-bond donors (Lipinski definition) is 0. The lowest BCUT2D eigenvalue weighted by atomic mass is 10.0. The van der Waals surface area contributed by atoms with E-state index in [0.717, 1.165) is 16.7 Å². The van der Waals surface area contributed by atoms with Gasteiger partial charge in [-0.1, -0.05) is 36.4 Å². The summed E-state index contributed by atoms with van der Waals surface area (Å²) in [5.41, 5.74) is 3.25. The normalized spacial score (nSPS) is 10.5. The van der Waals surface area contributed by atoms with Crippen molar-refractivity contribution in [3.05, 3.63) is 65.5 Å². The van der Waals surface area contributed by atoms with Gasteiger partial charge in [0.1, 0.15) is 13.0 Å². The number of nitrogens with zero attached hydrogens (tertiary/aromatic N) is 3. The van der Waals surface area contributed by atoms with Crippen molar-refractivity contribution in [1.29, 1.82) is 10.5 Å². The van der Waals surface area contributed by atoms with E-state index < -0.39 is 5.92 Å². The van der Waals surface area contributed by atoms with E-state index in [1.165, 1.54) is 0 Å². The van der Waals surface area contributed by atoms with Gasteiger partial charge in [0.05, 0.1) is 12.1 Å². The summed E-state index contributed by atoms with van der Waals surface area (Å²) in [5, 5.41) is 17.6. The molecule has 21 heavy (non-hydrogen) atoms. The minimum Gasteiger partial charge on any atom is -0.208 e. The van der Waals surface area contributed by atoms with Gasteiger partial charge in [0.15, 0.2) is 12.4 Å². The Kier molecular flexibility index (Phi) is 4.85. The molecule has 0 amide bonds. The highest BCUT2D eigenvalue weighted by Crippen LogP contribution is 2.12. The summed E-state index contributed by atoms with van der Waals surface area (Å²) in [6.45, 7) is 0. The Bertz CT molecular complexity index is 684. The Labute approximate surface area is 125 Å². The zero-order valence-corrected chi connectivity index (χ0v) is 11.9. The Hall–Kier alpha value is -2.91. The van der Waals surface area contributed by atoms with Crippen LogP contribution in [0.3, 0.4) is 0 Å². The molecule has 0 saturated carbocycles. The summed E-state index contributed by atoms with van der Waals surface area (Å²) < 4.78 is 1.99. The van der Waals surface area contributed by atoms with Gasteiger partial charge in [-0.15, -0.1) is 0 Å². The molecule has 0 unspecified atom stereocenters. The van der Waals surface area contributed by atoms with Crippen LogP contribution in [0.5, 0.6) is 0 Å². The first-order chi connectivity index (χ1) is 10.2. The van der Waals surface area contributed by atoms with Crippen molar-refractivity contribution in [2.24, 2.45) is 13.0 Å². The number of nitriles is 2. The molecule has 0 fully saturated rings. The van der Waals surface area contributed by atoms with Crippen molar-refractivity contribution in [2.45, 2.75) is 6.42 Å². The summed E-state index contributed by atoms with van der Waals surface area (Å²) in [6, 6.07) is 16.0. The van der Waals surface area contributed by atoms with Crippen LogP contribution < -0.4 is 4.57 Å². The predicted octanol–water partition coefficient (Wildman–Crippen LogP) is 2.89. The highest BCUT2D eigenvalue weighted by atomic mass is 14.9. The van der Waals surface area contributed by atoms with Crippen LogP contribution in [0.2, 0.25) is 0 Å². The second kappa shape index (κ2) is 7.03. The Morgan fingerprint density at radius 1 is 0.952 bits per heavy atom. The highest BCUT2D eigenvalue weighted by Gasteiger charge is 2.06. The van der Waals surface area contributed by atoms with Gasteiger partial charge < -0.3 is 0 Å². The van der Waals surface area contributed by atoms with Crippen LogP contribution in [0.1, 0.15) is 16.7 Å². The lowest BCUT2D eigenvalue weighted by Gasteiger charge is -2.01. The molecule has 0 saturated heterocycles. The predicted molar refractivity (Wildman–Crippen MR) is 81.4 cm³/mol. The molecule has 0 spiro atoms. The van der Waals surface area contributed by atoms with Gasteiger partial charge in [-0.3, -0.25) is 0 Å². The quantitative estimate of drug-likeness (QED) is 0.805. The van der Waals surface area contributed by atoms with E-state index >= 15 is 0 Å². The first-order valence-corrected chi connectivity index (χ1v) is 6.73. The van der Waals surface area contributed by atoms with E-state index in [-0.39, 0.29) is 0 Å². The third kappa shape index (κ3) is 4.30. The van der Waals surface area contributed by atoms with E-state index in [0.29, 0.717) is 6.42 Å². The fourth-order valence-electron chi connectivity index (χ4n) is 1.94. The number of hydrogen-bond acceptors (Lipinski definition) is 2. The topological polar surface area (TPSA) is 51.5 Å². The average Bonchev–Trinajstić information content (AvgIpc) is 2.53. The van der Waals surface area contributed by atoms with Gasteiger partial charge in [-0.25, -0.2) is 4.57 Å². The lowest BCUT2D eigenvalue weighted by Crippen LogP contribution is -2.25. The van der Waals surface area contributed by atoms with Gasteiger partial charge in [0.2, 0.25) is 0 Å². The number of aryl methyl sites for hydroxylation is 1. The largest absolute Gasteiger partial charge is 0.208 e. The molecular formula is C18H16N3+. The maximum Gasteiger partial charge on any atom is 0.169 e. The first kappa shape index (κ1) is 14.5. The Balaban J connectivity index is 2.04. The van der Waals surface area contributed by atoms with Crippen LogP contribution in [0.25, 0.3) is 12.2 Å². The molecule has 0 atom stereocenters. The zero-order chi connectivity index (χ0) is 15.1. The van der Waals surface area contributed by atoms with Gasteiger partial charge in [0, 0.05) is 18.6 Å². The van der Waals surface area contributed by atoms with Crippen LogP contribution in [-0.4, -0.2) is 0 Å². The fourth-order valence-corrected chi connectivity index (χ4v) is 1.94. The van der Waals surface area contributed by atoms with Crippen LogP contribution in [-0.2, 0) is 13.5 Å². The molecular weight excluding hydrogens is 258 g/mol. The molecule has 0 aliphatic heterocycles. The molecule has 0 radical (unpaired) electrons. The van der Waals surface area contributed by atoms with E-state index in [4.69, 9.17) is 10.5 Å². The smallest absolute Gasteiger partial charge is 0.169 e. The molecule has 3 nitrogen and oxygen atoms in total. The van der Waals surface area contributed by atoms with Crippen molar-refractivity contribution in [3.63, 3.8) is 0 Å². The number of pyridine rings is 1. The third-order valence-corrected chi connectivity index (χ3v) is 3.20. The van der Waals surface area contributed by atoms with Crippen LogP contribution >= 0.6 is 0 Å². The fraction of sp³-hybridized carbons (Fsp3) is 0.167. The molecule has 0 aliphatic rings. The standard InChI is InChI=1S/C18H16N3/c1-21-10-8-16(9-11-21)3-2-15-4-6-17(7-5-15)12-18(13-19)14-20/h2-11,18H,12H2,1H3/q+1/b3-2+. The van der Waals surface area contributed by atoms with Crippen molar-refractivity contribution in [3.8, 4) is 12.1 Å². The van der Waals surface area contributed by atoms with Gasteiger partial charge in [-0.05, 0) is 16.7 Å². The second-order valence-electron chi connectivity index (χ2n) is 4.89. The van der Waals surface area contributed by atoms with Crippen molar-refractivity contribution >= 4 is 12.2 Å². The minimum absolute atomic E-state index is 0.478. The summed E-state index contributed by atoms with van der Waals surface area (Å²) in [6.07, 6.45) is 8.60. The second-order valence-corrected chi connectivity index (χ2v) is 4.89. The maximum absolute atomic E-state index is 8.79. The van der Waals surface area contributed by atoms with E-state index in [9.17, 15) is 0 Å². The molecule has 0 N–H and O–H groups in total. The molecule has 2 aromatic rings. The third-order valence-electron chi connectivity index (χ3n) is 3.20.